The summed E-state index contributed by atoms with van der Waals surface area (Å²) in [5.74, 6) is -2.50. The highest BCUT2D eigenvalue weighted by atomic mass is 32.1. The first kappa shape index (κ1) is 18.5. The summed E-state index contributed by atoms with van der Waals surface area (Å²) in [7, 11) is 0. The first-order valence-electron chi connectivity index (χ1n) is 8.43. The lowest BCUT2D eigenvalue weighted by Gasteiger charge is -2.24. The van der Waals surface area contributed by atoms with Crippen LogP contribution < -0.4 is 4.90 Å². The van der Waals surface area contributed by atoms with Crippen LogP contribution in [0.15, 0.2) is 53.1 Å². The highest BCUT2D eigenvalue weighted by Crippen LogP contribution is 2.44. The molecular weight excluding hydrogens is 399 g/mol. The minimum absolute atomic E-state index is 0.130. The zero-order chi connectivity index (χ0) is 20.0. The number of benzene rings is 1. The highest BCUT2D eigenvalue weighted by molar-refractivity contribution is 7.16. The number of thiophene rings is 1. The minimum Gasteiger partial charge on any atom is -0.503 e. The van der Waals surface area contributed by atoms with Gasteiger partial charge in [-0.05, 0) is 31.4 Å². The van der Waals surface area contributed by atoms with E-state index in [1.165, 1.54) is 45.8 Å². The molecule has 0 saturated heterocycles. The summed E-state index contributed by atoms with van der Waals surface area (Å²) in [5.41, 5.74) is 0.728. The van der Waals surface area contributed by atoms with E-state index in [9.17, 15) is 19.1 Å². The Labute approximate surface area is 168 Å². The molecule has 1 aliphatic heterocycles. The van der Waals surface area contributed by atoms with Gasteiger partial charge in [-0.3, -0.25) is 14.5 Å². The van der Waals surface area contributed by atoms with Crippen LogP contribution in [0, 0.1) is 19.7 Å². The van der Waals surface area contributed by atoms with Crippen LogP contribution in [-0.4, -0.2) is 21.8 Å². The Morgan fingerprint density at radius 3 is 2.57 bits per heavy atom. The van der Waals surface area contributed by atoms with Gasteiger partial charge in [-0.25, -0.2) is 9.37 Å². The van der Waals surface area contributed by atoms with Gasteiger partial charge in [0, 0.05) is 10.4 Å². The Bertz CT molecular complexity index is 1100. The third-order valence-electron chi connectivity index (χ3n) is 4.62. The molecule has 1 aromatic carbocycles. The fourth-order valence-corrected chi connectivity index (χ4v) is 4.74. The molecule has 3 heterocycles. The number of anilines is 1. The number of thiazole rings is 1. The van der Waals surface area contributed by atoms with Crippen molar-refractivity contribution in [3.05, 3.63) is 79.9 Å². The lowest BCUT2D eigenvalue weighted by Crippen LogP contribution is -2.31. The van der Waals surface area contributed by atoms with Gasteiger partial charge in [0.2, 0.25) is 5.78 Å². The van der Waals surface area contributed by atoms with E-state index in [4.69, 9.17) is 0 Å². The Morgan fingerprint density at radius 1 is 1.21 bits per heavy atom. The molecule has 1 N–H and O–H groups in total. The number of aliphatic hydroxyl groups is 1. The maximum atomic E-state index is 14.7. The molecule has 8 heteroatoms. The molecule has 4 rings (SSSR count). The van der Waals surface area contributed by atoms with Gasteiger partial charge in [0.15, 0.2) is 10.9 Å². The first-order chi connectivity index (χ1) is 13.4. The van der Waals surface area contributed by atoms with Crippen LogP contribution in [0.2, 0.25) is 0 Å². The Hall–Kier alpha value is -2.84. The molecule has 1 aliphatic rings. The molecule has 28 heavy (non-hydrogen) atoms. The van der Waals surface area contributed by atoms with Crippen LogP contribution in [0.1, 0.15) is 31.8 Å². The van der Waals surface area contributed by atoms with E-state index in [-0.39, 0.29) is 11.1 Å². The number of halogens is 1. The van der Waals surface area contributed by atoms with E-state index in [0.717, 1.165) is 10.6 Å². The average Bonchev–Trinajstić information content (AvgIpc) is 3.36. The van der Waals surface area contributed by atoms with E-state index in [1.807, 2.05) is 6.92 Å². The average molecular weight is 414 g/mol. The molecule has 0 unspecified atom stereocenters. The van der Waals surface area contributed by atoms with Crippen molar-refractivity contribution in [1.82, 2.24) is 4.98 Å². The number of ketones is 1. The van der Waals surface area contributed by atoms with Crippen molar-refractivity contribution in [3.63, 3.8) is 0 Å². The zero-order valence-electron chi connectivity index (χ0n) is 15.0. The van der Waals surface area contributed by atoms with E-state index < -0.39 is 29.3 Å². The number of hydrogen-bond donors (Lipinski definition) is 1. The second kappa shape index (κ2) is 6.96. The number of aryl methyl sites for hydroxylation is 2. The molecular formula is C20H15FN2O3S2. The van der Waals surface area contributed by atoms with E-state index in [0.29, 0.717) is 10.0 Å². The monoisotopic (exact) mass is 414 g/mol. The van der Waals surface area contributed by atoms with Gasteiger partial charge in [0.25, 0.3) is 5.91 Å². The third kappa shape index (κ3) is 2.85. The quantitative estimate of drug-likeness (QED) is 0.626. The molecule has 1 atom stereocenters. The van der Waals surface area contributed by atoms with Crippen LogP contribution in [0.3, 0.4) is 0 Å². The van der Waals surface area contributed by atoms with E-state index in [2.05, 4.69) is 4.98 Å². The summed E-state index contributed by atoms with van der Waals surface area (Å²) in [6.07, 6.45) is 0. The molecule has 142 valence electrons. The zero-order valence-corrected chi connectivity index (χ0v) is 16.6. The van der Waals surface area contributed by atoms with Crippen LogP contribution >= 0.6 is 22.7 Å². The van der Waals surface area contributed by atoms with Gasteiger partial charge < -0.3 is 5.11 Å². The van der Waals surface area contributed by atoms with Gasteiger partial charge >= 0.3 is 0 Å². The van der Waals surface area contributed by atoms with Crippen molar-refractivity contribution >= 4 is 39.5 Å². The maximum absolute atomic E-state index is 14.7. The number of nitrogens with zero attached hydrogens (tertiary/aromatic N) is 2. The first-order valence-corrected chi connectivity index (χ1v) is 10.1. The van der Waals surface area contributed by atoms with Crippen molar-refractivity contribution in [3.8, 4) is 0 Å². The van der Waals surface area contributed by atoms with Crippen LogP contribution in [0.4, 0.5) is 9.52 Å². The topological polar surface area (TPSA) is 70.5 Å². The summed E-state index contributed by atoms with van der Waals surface area (Å²) in [6.45, 7) is 3.67. The molecule has 0 aliphatic carbocycles. The molecule has 0 fully saturated rings. The van der Waals surface area contributed by atoms with Crippen LogP contribution in [-0.2, 0) is 4.79 Å². The van der Waals surface area contributed by atoms with Crippen molar-refractivity contribution in [1.29, 1.82) is 0 Å². The molecule has 0 saturated carbocycles. The largest absolute Gasteiger partial charge is 0.503 e. The van der Waals surface area contributed by atoms with Gasteiger partial charge in [-0.15, -0.1) is 22.7 Å². The summed E-state index contributed by atoms with van der Waals surface area (Å²) in [6, 6.07) is 8.15. The summed E-state index contributed by atoms with van der Waals surface area (Å²) in [4.78, 5) is 32.9. The standard InChI is InChI=1S/C20H15FN2O3S2/c1-10-11(2)28-20(22-10)23-16(12-6-3-4-7-13(12)21)15(18(25)19(23)26)17(24)14-8-5-9-27-14/h3-9,16,25H,1-2H3/t16-/m1/s1. The number of rotatable bonds is 4. The van der Waals surface area contributed by atoms with Crippen molar-refractivity contribution in [2.24, 2.45) is 0 Å². The normalized spacial score (nSPS) is 16.9. The number of amides is 1. The fraction of sp³-hybridized carbons (Fsp3) is 0.150. The minimum atomic E-state index is -1.09. The molecule has 1 amide bonds. The molecule has 0 bridgehead atoms. The lowest BCUT2D eigenvalue weighted by molar-refractivity contribution is -0.117. The molecule has 3 aromatic rings. The second-order valence-electron chi connectivity index (χ2n) is 6.31. The van der Waals surface area contributed by atoms with Crippen LogP contribution in [0.5, 0.6) is 0 Å². The molecule has 5 nitrogen and oxygen atoms in total. The number of carbonyl (C=O) groups excluding carboxylic acids is 2. The predicted molar refractivity (Wildman–Crippen MR) is 107 cm³/mol. The SMILES string of the molecule is Cc1nc(N2C(=O)C(O)=C(C(=O)c3cccs3)[C@H]2c2ccccc2F)sc1C. The van der Waals surface area contributed by atoms with Gasteiger partial charge in [-0.1, -0.05) is 24.3 Å². The number of aromatic nitrogens is 1. The fourth-order valence-electron chi connectivity index (χ4n) is 3.12. The van der Waals surface area contributed by atoms with E-state index in [1.54, 1.807) is 30.5 Å². The lowest BCUT2D eigenvalue weighted by atomic mass is 9.95. The number of carbonyl (C=O) groups is 2. The second-order valence-corrected chi connectivity index (χ2v) is 8.44. The Balaban J connectivity index is 1.92. The van der Waals surface area contributed by atoms with Gasteiger partial charge in [0.1, 0.15) is 11.9 Å². The number of hydrogen-bond acceptors (Lipinski definition) is 6. The van der Waals surface area contributed by atoms with Crippen LogP contribution in [0.25, 0.3) is 0 Å². The maximum Gasteiger partial charge on any atom is 0.296 e. The molecule has 0 spiro atoms. The summed E-state index contributed by atoms with van der Waals surface area (Å²) in [5, 5.41) is 12.6. The highest BCUT2D eigenvalue weighted by Gasteiger charge is 2.46. The Kier molecular flexibility index (Phi) is 4.60. The van der Waals surface area contributed by atoms with Gasteiger partial charge in [-0.2, -0.15) is 0 Å². The van der Waals surface area contributed by atoms with Crippen molar-refractivity contribution in [2.75, 3.05) is 4.90 Å². The van der Waals surface area contributed by atoms with Gasteiger partial charge in [0.05, 0.1) is 16.1 Å². The summed E-state index contributed by atoms with van der Waals surface area (Å²) < 4.78 is 14.7. The van der Waals surface area contributed by atoms with Crippen molar-refractivity contribution < 1.29 is 19.1 Å². The number of aliphatic hydroxyl groups excluding tert-OH is 1. The summed E-state index contributed by atoms with van der Waals surface area (Å²) >= 11 is 2.45. The predicted octanol–water partition coefficient (Wildman–Crippen LogP) is 4.74. The third-order valence-corrected chi connectivity index (χ3v) is 6.56. The number of Topliss-reactive ketones (excluding diaryl/α,β-unsaturated/α-hetero) is 1. The van der Waals surface area contributed by atoms with E-state index >= 15 is 0 Å². The van der Waals surface area contributed by atoms with Crippen molar-refractivity contribution in [2.45, 2.75) is 19.9 Å². The molecule has 0 radical (unpaired) electrons. The Morgan fingerprint density at radius 2 is 1.96 bits per heavy atom. The molecule has 2 aromatic heterocycles. The smallest absolute Gasteiger partial charge is 0.296 e.